The van der Waals surface area contributed by atoms with Crippen LogP contribution in [0.2, 0.25) is 0 Å². The van der Waals surface area contributed by atoms with Crippen LogP contribution in [0.15, 0.2) is 24.3 Å². The molecular weight excluding hydrogens is 300 g/mol. The summed E-state index contributed by atoms with van der Waals surface area (Å²) >= 11 is 1.33. The van der Waals surface area contributed by atoms with E-state index in [1.165, 1.54) is 11.3 Å². The van der Waals surface area contributed by atoms with Crippen LogP contribution in [0.3, 0.4) is 0 Å². The van der Waals surface area contributed by atoms with E-state index in [9.17, 15) is 9.59 Å². The third-order valence-electron chi connectivity index (χ3n) is 3.28. The molecule has 2 rings (SSSR count). The largest absolute Gasteiger partial charge is 0.484 e. The van der Waals surface area contributed by atoms with Crippen LogP contribution >= 0.6 is 11.3 Å². The van der Waals surface area contributed by atoms with E-state index in [4.69, 9.17) is 10.5 Å². The average Bonchev–Trinajstić information content (AvgIpc) is 2.73. The molecule has 0 bridgehead atoms. The first kappa shape index (κ1) is 16.0. The second kappa shape index (κ2) is 6.62. The van der Waals surface area contributed by atoms with E-state index < -0.39 is 5.91 Å². The molecule has 0 fully saturated rings. The number of carbonyl (C=O) groups is 2. The van der Waals surface area contributed by atoms with Crippen molar-refractivity contribution in [1.29, 1.82) is 0 Å². The molecule has 0 spiro atoms. The molecule has 0 saturated carbocycles. The zero-order valence-electron chi connectivity index (χ0n) is 12.7. The van der Waals surface area contributed by atoms with E-state index in [-0.39, 0.29) is 12.5 Å². The quantitative estimate of drug-likeness (QED) is 0.889. The fourth-order valence-corrected chi connectivity index (χ4v) is 3.04. The zero-order valence-corrected chi connectivity index (χ0v) is 13.5. The number of aryl methyl sites for hydroxylation is 2. The molecule has 6 heteroatoms. The van der Waals surface area contributed by atoms with Crippen LogP contribution in [0.25, 0.3) is 0 Å². The Morgan fingerprint density at radius 3 is 2.41 bits per heavy atom. The lowest BCUT2D eigenvalue weighted by Gasteiger charge is -2.07. The third kappa shape index (κ3) is 3.65. The topological polar surface area (TPSA) is 81.4 Å². The second-order valence-corrected chi connectivity index (χ2v) is 6.23. The molecular formula is C16H18N2O3S. The predicted octanol–water partition coefficient (Wildman–Crippen LogP) is 2.79. The molecule has 116 valence electrons. The van der Waals surface area contributed by atoms with Gasteiger partial charge in [-0.1, -0.05) is 17.7 Å². The number of hydrogen-bond donors (Lipinski definition) is 2. The summed E-state index contributed by atoms with van der Waals surface area (Å²) in [5, 5.41) is 3.16. The van der Waals surface area contributed by atoms with Gasteiger partial charge < -0.3 is 15.8 Å². The molecule has 0 atom stereocenters. The highest BCUT2D eigenvalue weighted by Gasteiger charge is 2.19. The summed E-state index contributed by atoms with van der Waals surface area (Å²) in [4.78, 5) is 24.4. The van der Waals surface area contributed by atoms with Crippen molar-refractivity contribution in [3.05, 3.63) is 45.8 Å². The summed E-state index contributed by atoms with van der Waals surface area (Å²) in [7, 11) is 0. The number of ether oxygens (including phenoxy) is 1. The van der Waals surface area contributed by atoms with Crippen LogP contribution in [-0.2, 0) is 4.79 Å². The summed E-state index contributed by atoms with van der Waals surface area (Å²) in [6, 6.07) is 7.42. The molecule has 0 radical (unpaired) electrons. The monoisotopic (exact) mass is 318 g/mol. The van der Waals surface area contributed by atoms with E-state index in [2.05, 4.69) is 5.32 Å². The van der Waals surface area contributed by atoms with Crippen LogP contribution in [-0.4, -0.2) is 18.4 Å². The number of primary amides is 1. The number of rotatable bonds is 5. The maximum atomic E-state index is 12.0. The number of nitrogens with two attached hydrogens (primary N) is 1. The predicted molar refractivity (Wildman–Crippen MR) is 87.6 cm³/mol. The van der Waals surface area contributed by atoms with Crippen LogP contribution in [0.5, 0.6) is 5.75 Å². The molecule has 0 saturated heterocycles. The standard InChI is InChI=1S/C16H18N2O3S/c1-9-4-6-12(7-5-9)21-8-13(19)18-16-14(15(17)20)10(2)11(3)22-16/h4-7H,8H2,1-3H3,(H2,17,20)(H,18,19). The van der Waals surface area contributed by atoms with Crippen molar-refractivity contribution in [2.24, 2.45) is 5.73 Å². The average molecular weight is 318 g/mol. The van der Waals surface area contributed by atoms with Gasteiger partial charge >= 0.3 is 0 Å². The highest BCUT2D eigenvalue weighted by atomic mass is 32.1. The molecule has 5 nitrogen and oxygen atoms in total. The molecule has 22 heavy (non-hydrogen) atoms. The Bertz CT molecular complexity index is 705. The number of hydrogen-bond acceptors (Lipinski definition) is 4. The van der Waals surface area contributed by atoms with Gasteiger partial charge in [0.05, 0.1) is 5.56 Å². The molecule has 1 heterocycles. The first-order valence-corrected chi connectivity index (χ1v) is 7.59. The first-order valence-electron chi connectivity index (χ1n) is 6.77. The van der Waals surface area contributed by atoms with Crippen molar-refractivity contribution in [3.8, 4) is 5.75 Å². The molecule has 0 aliphatic rings. The van der Waals surface area contributed by atoms with E-state index in [0.717, 1.165) is 16.0 Å². The number of carbonyl (C=O) groups excluding carboxylic acids is 2. The highest BCUT2D eigenvalue weighted by molar-refractivity contribution is 7.16. The van der Waals surface area contributed by atoms with Crippen LogP contribution in [0.1, 0.15) is 26.4 Å². The lowest BCUT2D eigenvalue weighted by molar-refractivity contribution is -0.118. The SMILES string of the molecule is Cc1ccc(OCC(=O)Nc2sc(C)c(C)c2C(N)=O)cc1. The Balaban J connectivity index is 2.02. The first-order chi connectivity index (χ1) is 10.4. The van der Waals surface area contributed by atoms with Crippen molar-refractivity contribution in [1.82, 2.24) is 0 Å². The minimum atomic E-state index is -0.545. The molecule has 0 unspecified atom stereocenters. The molecule has 1 aromatic heterocycles. The Morgan fingerprint density at radius 1 is 1.18 bits per heavy atom. The summed E-state index contributed by atoms with van der Waals surface area (Å²) in [5.41, 5.74) is 7.65. The van der Waals surface area contributed by atoms with Gasteiger partial charge in [0.15, 0.2) is 6.61 Å². The molecule has 3 N–H and O–H groups in total. The Kier molecular flexibility index (Phi) is 4.82. The van der Waals surface area contributed by atoms with Crippen LogP contribution < -0.4 is 15.8 Å². The fraction of sp³-hybridized carbons (Fsp3) is 0.250. The molecule has 1 aromatic carbocycles. The minimum absolute atomic E-state index is 0.128. The fourth-order valence-electron chi connectivity index (χ4n) is 1.96. The van der Waals surface area contributed by atoms with Crippen molar-refractivity contribution in [2.45, 2.75) is 20.8 Å². The second-order valence-electron chi connectivity index (χ2n) is 5.00. The Hall–Kier alpha value is -2.34. The molecule has 0 aliphatic heterocycles. The minimum Gasteiger partial charge on any atom is -0.484 e. The molecule has 0 aliphatic carbocycles. The van der Waals surface area contributed by atoms with Crippen molar-refractivity contribution < 1.29 is 14.3 Å². The van der Waals surface area contributed by atoms with Gasteiger partial charge in [-0.2, -0.15) is 0 Å². The van der Waals surface area contributed by atoms with E-state index in [1.807, 2.05) is 32.9 Å². The Labute approximate surface area is 133 Å². The number of nitrogens with one attached hydrogen (secondary N) is 1. The van der Waals surface area contributed by atoms with Gasteiger partial charge in [-0.15, -0.1) is 11.3 Å². The Morgan fingerprint density at radius 2 is 1.82 bits per heavy atom. The zero-order chi connectivity index (χ0) is 16.3. The van der Waals surface area contributed by atoms with Gasteiger partial charge in [0.25, 0.3) is 11.8 Å². The number of benzene rings is 1. The van der Waals surface area contributed by atoms with Gasteiger partial charge in [-0.25, -0.2) is 0 Å². The van der Waals surface area contributed by atoms with Crippen LogP contribution in [0, 0.1) is 20.8 Å². The molecule has 2 aromatic rings. The van der Waals surface area contributed by atoms with Gasteiger partial charge in [0.1, 0.15) is 10.8 Å². The summed E-state index contributed by atoms with van der Waals surface area (Å²) in [5.74, 6) is -0.254. The van der Waals surface area contributed by atoms with Crippen molar-refractivity contribution in [2.75, 3.05) is 11.9 Å². The number of anilines is 1. The number of thiophene rings is 1. The summed E-state index contributed by atoms with van der Waals surface area (Å²) in [6.45, 7) is 5.54. The maximum absolute atomic E-state index is 12.0. The van der Waals surface area contributed by atoms with Crippen molar-refractivity contribution >= 4 is 28.2 Å². The van der Waals surface area contributed by atoms with Gasteiger partial charge in [-0.05, 0) is 38.5 Å². The normalized spacial score (nSPS) is 10.3. The van der Waals surface area contributed by atoms with Gasteiger partial charge in [0.2, 0.25) is 0 Å². The highest BCUT2D eigenvalue weighted by Crippen LogP contribution is 2.31. The molecule has 2 amide bonds. The third-order valence-corrected chi connectivity index (χ3v) is 4.40. The van der Waals surface area contributed by atoms with Gasteiger partial charge in [0, 0.05) is 4.88 Å². The summed E-state index contributed by atoms with van der Waals surface area (Å²) < 4.78 is 5.41. The summed E-state index contributed by atoms with van der Waals surface area (Å²) in [6.07, 6.45) is 0. The van der Waals surface area contributed by atoms with E-state index in [1.54, 1.807) is 12.1 Å². The van der Waals surface area contributed by atoms with Gasteiger partial charge in [-0.3, -0.25) is 9.59 Å². The van der Waals surface area contributed by atoms with E-state index in [0.29, 0.717) is 16.3 Å². The van der Waals surface area contributed by atoms with Crippen molar-refractivity contribution in [3.63, 3.8) is 0 Å². The lowest BCUT2D eigenvalue weighted by atomic mass is 10.1. The lowest BCUT2D eigenvalue weighted by Crippen LogP contribution is -2.22. The van der Waals surface area contributed by atoms with E-state index >= 15 is 0 Å². The van der Waals surface area contributed by atoms with Crippen LogP contribution in [0.4, 0.5) is 5.00 Å². The number of amides is 2. The smallest absolute Gasteiger partial charge is 0.262 e. The maximum Gasteiger partial charge on any atom is 0.262 e.